The van der Waals surface area contributed by atoms with E-state index in [-0.39, 0.29) is 17.9 Å². The Bertz CT molecular complexity index is 779. The van der Waals surface area contributed by atoms with Gasteiger partial charge in [-0.15, -0.1) is 0 Å². The smallest absolute Gasteiger partial charge is 0.239 e. The van der Waals surface area contributed by atoms with Crippen molar-refractivity contribution in [2.75, 3.05) is 39.4 Å². The van der Waals surface area contributed by atoms with E-state index in [0.717, 1.165) is 43.9 Å². The Hall–Kier alpha value is -2.18. The normalized spacial score (nSPS) is 15.5. The van der Waals surface area contributed by atoms with E-state index in [1.165, 1.54) is 6.07 Å². The van der Waals surface area contributed by atoms with Crippen LogP contribution in [-0.4, -0.2) is 54.8 Å². The number of benzene rings is 1. The van der Waals surface area contributed by atoms with Crippen LogP contribution in [-0.2, 0) is 16.1 Å². The molecule has 1 amide bonds. The molecule has 2 heterocycles. The average molecular weight is 329 g/mol. The van der Waals surface area contributed by atoms with Crippen molar-refractivity contribution in [3.05, 3.63) is 46.2 Å². The lowest BCUT2D eigenvalue weighted by atomic mass is 10.1. The first-order valence-corrected chi connectivity index (χ1v) is 8.30. The number of aromatic nitrogens is 1. The fourth-order valence-corrected chi connectivity index (χ4v) is 2.95. The van der Waals surface area contributed by atoms with Crippen molar-refractivity contribution in [2.24, 2.45) is 0 Å². The summed E-state index contributed by atoms with van der Waals surface area (Å²) in [5.41, 5.74) is 1.81. The Morgan fingerprint density at radius 2 is 2.04 bits per heavy atom. The summed E-state index contributed by atoms with van der Waals surface area (Å²) in [6, 6.07) is 7.23. The molecule has 0 radical (unpaired) electrons. The average Bonchev–Trinajstić information content (AvgIpc) is 2.58. The van der Waals surface area contributed by atoms with Crippen LogP contribution in [0.15, 0.2) is 35.3 Å². The molecule has 1 saturated heterocycles. The van der Waals surface area contributed by atoms with E-state index in [1.807, 2.05) is 29.7 Å². The van der Waals surface area contributed by atoms with Gasteiger partial charge in [0.25, 0.3) is 0 Å². The molecule has 0 bridgehead atoms. The third-order valence-corrected chi connectivity index (χ3v) is 4.30. The minimum Gasteiger partial charge on any atom is -0.379 e. The highest BCUT2D eigenvalue weighted by atomic mass is 16.5. The van der Waals surface area contributed by atoms with E-state index < -0.39 is 0 Å². The monoisotopic (exact) mass is 329 g/mol. The van der Waals surface area contributed by atoms with Crippen molar-refractivity contribution < 1.29 is 9.53 Å². The quantitative estimate of drug-likeness (QED) is 0.880. The number of aryl methyl sites for hydroxylation is 1. The number of nitrogens with one attached hydrogen (secondary N) is 1. The van der Waals surface area contributed by atoms with E-state index in [4.69, 9.17) is 4.74 Å². The van der Waals surface area contributed by atoms with E-state index in [2.05, 4.69) is 10.2 Å². The van der Waals surface area contributed by atoms with Crippen molar-refractivity contribution in [1.82, 2.24) is 14.8 Å². The number of rotatable bonds is 5. The van der Waals surface area contributed by atoms with Gasteiger partial charge in [0.15, 0.2) is 5.43 Å². The van der Waals surface area contributed by atoms with Crippen molar-refractivity contribution >= 4 is 16.8 Å². The van der Waals surface area contributed by atoms with Crippen LogP contribution in [0.1, 0.15) is 5.56 Å². The number of ether oxygens (including phenoxy) is 1. The van der Waals surface area contributed by atoms with Crippen LogP contribution in [0.25, 0.3) is 10.9 Å². The van der Waals surface area contributed by atoms with Crippen molar-refractivity contribution in [3.8, 4) is 0 Å². The molecule has 0 atom stereocenters. The number of hydrogen-bond donors (Lipinski definition) is 1. The number of carbonyl (C=O) groups is 1. The summed E-state index contributed by atoms with van der Waals surface area (Å²) in [4.78, 5) is 26.5. The number of pyridine rings is 1. The van der Waals surface area contributed by atoms with Crippen LogP contribution in [0, 0.1) is 6.92 Å². The number of carbonyl (C=O) groups excluding carboxylic acids is 1. The maximum absolute atomic E-state index is 12.2. The van der Waals surface area contributed by atoms with E-state index in [0.29, 0.717) is 11.9 Å². The van der Waals surface area contributed by atoms with E-state index >= 15 is 0 Å². The van der Waals surface area contributed by atoms with Gasteiger partial charge >= 0.3 is 0 Å². The fraction of sp³-hybridized carbons (Fsp3) is 0.444. The molecular formula is C18H23N3O3. The highest BCUT2D eigenvalue weighted by Gasteiger charge is 2.11. The number of nitrogens with zero attached hydrogens (tertiary/aromatic N) is 2. The van der Waals surface area contributed by atoms with Crippen LogP contribution in [0.5, 0.6) is 0 Å². The van der Waals surface area contributed by atoms with Gasteiger partial charge in [0.05, 0.1) is 18.7 Å². The van der Waals surface area contributed by atoms with Gasteiger partial charge in [-0.05, 0) is 19.1 Å². The van der Waals surface area contributed by atoms with Crippen molar-refractivity contribution in [3.63, 3.8) is 0 Å². The highest BCUT2D eigenvalue weighted by molar-refractivity contribution is 5.82. The molecule has 0 aliphatic carbocycles. The van der Waals surface area contributed by atoms with Crippen molar-refractivity contribution in [2.45, 2.75) is 13.5 Å². The molecule has 1 fully saturated rings. The van der Waals surface area contributed by atoms with Crippen LogP contribution < -0.4 is 10.7 Å². The van der Waals surface area contributed by atoms with Gasteiger partial charge in [-0.3, -0.25) is 14.5 Å². The maximum Gasteiger partial charge on any atom is 0.239 e. The van der Waals surface area contributed by atoms with Crippen LogP contribution >= 0.6 is 0 Å². The fourth-order valence-electron chi connectivity index (χ4n) is 2.95. The second-order valence-corrected chi connectivity index (χ2v) is 6.13. The van der Waals surface area contributed by atoms with Gasteiger partial charge in [0, 0.05) is 43.8 Å². The molecular weight excluding hydrogens is 306 g/mol. The summed E-state index contributed by atoms with van der Waals surface area (Å²) < 4.78 is 7.13. The van der Waals surface area contributed by atoms with Gasteiger partial charge < -0.3 is 14.6 Å². The minimum absolute atomic E-state index is 0.0160. The molecule has 6 nitrogen and oxygen atoms in total. The predicted octanol–water partition coefficient (Wildman–Crippen LogP) is 0.758. The molecule has 1 aliphatic heterocycles. The first-order valence-electron chi connectivity index (χ1n) is 8.30. The van der Waals surface area contributed by atoms with Gasteiger partial charge in [-0.2, -0.15) is 0 Å². The van der Waals surface area contributed by atoms with E-state index in [9.17, 15) is 9.59 Å². The molecule has 128 valence electrons. The van der Waals surface area contributed by atoms with Gasteiger partial charge in [0.2, 0.25) is 5.91 Å². The largest absolute Gasteiger partial charge is 0.379 e. The summed E-state index contributed by atoms with van der Waals surface area (Å²) in [7, 11) is 0. The molecule has 0 spiro atoms. The molecule has 1 aliphatic rings. The van der Waals surface area contributed by atoms with Gasteiger partial charge in [-0.1, -0.05) is 11.6 Å². The Balaban J connectivity index is 1.61. The molecule has 1 aromatic carbocycles. The Morgan fingerprint density at radius 3 is 2.83 bits per heavy atom. The Labute approximate surface area is 141 Å². The molecule has 24 heavy (non-hydrogen) atoms. The van der Waals surface area contributed by atoms with Gasteiger partial charge in [-0.25, -0.2) is 0 Å². The molecule has 2 aromatic rings. The van der Waals surface area contributed by atoms with Gasteiger partial charge in [0.1, 0.15) is 6.54 Å². The lowest BCUT2D eigenvalue weighted by Crippen LogP contribution is -2.41. The minimum atomic E-state index is -0.0474. The molecule has 1 aromatic heterocycles. The second-order valence-electron chi connectivity index (χ2n) is 6.13. The zero-order chi connectivity index (χ0) is 16.9. The number of hydrogen-bond acceptors (Lipinski definition) is 4. The predicted molar refractivity (Wildman–Crippen MR) is 93.2 cm³/mol. The number of amides is 1. The second kappa shape index (κ2) is 7.59. The number of fused-ring (bicyclic) bond motifs is 1. The van der Waals surface area contributed by atoms with Crippen LogP contribution in [0.2, 0.25) is 0 Å². The summed E-state index contributed by atoms with van der Waals surface area (Å²) >= 11 is 0. The van der Waals surface area contributed by atoms with Crippen LogP contribution in [0.4, 0.5) is 0 Å². The zero-order valence-electron chi connectivity index (χ0n) is 14.0. The van der Waals surface area contributed by atoms with Crippen molar-refractivity contribution in [1.29, 1.82) is 0 Å². The third kappa shape index (κ3) is 4.01. The standard InChI is InChI=1S/C18H23N3O3/c1-14-2-3-16-15(12-14)17(22)4-6-21(16)13-18(23)19-5-7-20-8-10-24-11-9-20/h2-4,6,12H,5,7-11,13H2,1H3,(H,19,23). The summed E-state index contributed by atoms with van der Waals surface area (Å²) in [5, 5.41) is 3.60. The molecule has 0 unspecified atom stereocenters. The molecule has 3 rings (SSSR count). The first-order chi connectivity index (χ1) is 11.6. The SMILES string of the molecule is Cc1ccc2c(c1)c(=O)ccn2CC(=O)NCCN1CCOCC1. The summed E-state index contributed by atoms with van der Waals surface area (Å²) in [6.45, 7) is 6.97. The highest BCUT2D eigenvalue weighted by Crippen LogP contribution is 2.12. The lowest BCUT2D eigenvalue weighted by molar-refractivity contribution is -0.121. The lowest BCUT2D eigenvalue weighted by Gasteiger charge is -2.26. The topological polar surface area (TPSA) is 63.6 Å². The Morgan fingerprint density at radius 1 is 1.25 bits per heavy atom. The Kier molecular flexibility index (Phi) is 5.27. The van der Waals surface area contributed by atoms with Crippen LogP contribution in [0.3, 0.4) is 0 Å². The number of morpholine rings is 1. The molecule has 1 N–H and O–H groups in total. The third-order valence-electron chi connectivity index (χ3n) is 4.30. The molecule has 0 saturated carbocycles. The summed E-state index contributed by atoms with van der Waals surface area (Å²) in [5.74, 6) is -0.0474. The molecule has 6 heteroatoms. The summed E-state index contributed by atoms with van der Waals surface area (Å²) in [6.07, 6.45) is 1.68. The first kappa shape index (κ1) is 16.7. The maximum atomic E-state index is 12.2. The zero-order valence-corrected chi connectivity index (χ0v) is 14.0. The van der Waals surface area contributed by atoms with E-state index in [1.54, 1.807) is 6.20 Å².